The van der Waals surface area contributed by atoms with Crippen LogP contribution in [-0.4, -0.2) is 82.5 Å². The first-order chi connectivity index (χ1) is 19.2. The summed E-state index contributed by atoms with van der Waals surface area (Å²) in [5.74, 6) is -99.0. The molecule has 1 nitrogen and oxygen atoms in total. The molecule has 0 spiro atoms. The van der Waals surface area contributed by atoms with E-state index in [1.54, 1.807) is 0 Å². The molecule has 0 bridgehead atoms. The highest BCUT2D eigenvalue weighted by molar-refractivity contribution is 5.20. The highest BCUT2D eigenvalue weighted by Crippen LogP contribution is 2.67. The average molecular weight is 734 g/mol. The van der Waals surface area contributed by atoms with Gasteiger partial charge in [0.05, 0.1) is 0 Å². The number of aliphatic hydroxyl groups is 1. The molecule has 0 fully saturated rings. The Morgan fingerprint density at radius 2 is 0.600 bits per heavy atom. The van der Waals surface area contributed by atoms with Crippen molar-refractivity contribution in [2.45, 2.75) is 116 Å². The van der Waals surface area contributed by atoms with E-state index >= 15 is 0 Å². The lowest BCUT2D eigenvalue weighted by Gasteiger charge is -2.46. The molecule has 0 aliphatic heterocycles. The van der Waals surface area contributed by atoms with Gasteiger partial charge in [0, 0.05) is 0 Å². The van der Waals surface area contributed by atoms with Gasteiger partial charge in [0.25, 0.3) is 0 Å². The minimum atomic E-state index is -9.62. The van der Waals surface area contributed by atoms with Crippen molar-refractivity contribution in [3.05, 3.63) is 0 Å². The van der Waals surface area contributed by atoms with Crippen molar-refractivity contribution in [3.63, 3.8) is 0 Å². The summed E-state index contributed by atoms with van der Waals surface area (Å²) in [6.07, 6.45) is -15.1. The van der Waals surface area contributed by atoms with Gasteiger partial charge >= 0.3 is 71.3 Å². The summed E-state index contributed by atoms with van der Waals surface area (Å²) >= 11 is 0. The van der Waals surface area contributed by atoms with Gasteiger partial charge in [-0.3, -0.25) is 0 Å². The number of rotatable bonds is 16. The lowest BCUT2D eigenvalue weighted by Crippen LogP contribution is -2.78. The van der Waals surface area contributed by atoms with E-state index in [1.165, 1.54) is 6.92 Å². The Kier molecular flexibility index (Phi) is 11.3. The molecule has 0 saturated heterocycles. The number of aliphatic hydroxyl groups excluding tert-OH is 1. The number of unbranched alkanes of at least 4 members (excludes halogenated alkanes) is 3. The van der Waals surface area contributed by atoms with E-state index in [9.17, 15) is 110 Å². The van der Waals surface area contributed by atoms with E-state index in [2.05, 4.69) is 0 Å². The van der Waals surface area contributed by atoms with Gasteiger partial charge in [-0.25, -0.2) is 0 Å². The Hall–Kier alpha value is -1.79. The summed E-state index contributed by atoms with van der Waals surface area (Å²) in [6.45, 7) is 1.42. The smallest absolute Gasteiger partial charge is 0.387 e. The highest BCUT2D eigenvalue weighted by atomic mass is 19.4. The minimum Gasteiger partial charge on any atom is -0.387 e. The van der Waals surface area contributed by atoms with Crippen molar-refractivity contribution in [2.75, 3.05) is 0 Å². The molecule has 1 N–H and O–H groups in total. The minimum absolute atomic E-state index is 0.0435. The van der Waals surface area contributed by atoms with Crippen LogP contribution in [0.25, 0.3) is 0 Å². The van der Waals surface area contributed by atoms with Crippen molar-refractivity contribution in [1.82, 2.24) is 0 Å². The predicted molar refractivity (Wildman–Crippen MR) is 95.2 cm³/mol. The molecule has 0 aromatic carbocycles. The third-order valence-electron chi connectivity index (χ3n) is 6.07. The molecule has 0 saturated carbocycles. The summed E-state index contributed by atoms with van der Waals surface area (Å²) in [6, 6.07) is 0. The van der Waals surface area contributed by atoms with E-state index in [1.807, 2.05) is 0 Å². The maximum absolute atomic E-state index is 13.9. The van der Waals surface area contributed by atoms with Crippen LogP contribution in [0.5, 0.6) is 0 Å². The van der Waals surface area contributed by atoms with Crippen molar-refractivity contribution in [2.24, 2.45) is 0 Å². The molecule has 0 aliphatic carbocycles. The van der Waals surface area contributed by atoms with Gasteiger partial charge in [-0.2, -0.15) is 110 Å². The van der Waals surface area contributed by atoms with Crippen LogP contribution in [0.1, 0.15) is 39.0 Å². The summed E-state index contributed by atoms with van der Waals surface area (Å²) in [7, 11) is 0. The first kappa shape index (κ1) is 43.2. The topological polar surface area (TPSA) is 20.2 Å². The molecule has 45 heavy (non-hydrogen) atoms. The highest BCUT2D eigenvalue weighted by Gasteiger charge is 2.99. The summed E-state index contributed by atoms with van der Waals surface area (Å²) in [5, 5.41) is 9.07. The SMILES string of the molecule is CCCCCCC(O)C(F)(F)C(F)(F)C(F)(F)C(F)(F)C(F)(F)C(F)(F)C(F)(F)C(F)(F)C(F)(F)C(F)(F)C(F)(F)C(F)(F)F. The predicted octanol–water partition coefficient (Wildman–Crippen LogP) is 9.87. The summed E-state index contributed by atoms with van der Waals surface area (Å²) in [4.78, 5) is 0. The molecule has 26 heteroatoms. The van der Waals surface area contributed by atoms with Gasteiger partial charge in [0.2, 0.25) is 0 Å². The Labute approximate surface area is 232 Å². The second kappa shape index (κ2) is 11.7. The summed E-state index contributed by atoms with van der Waals surface area (Å²) in [5.41, 5.74) is 0. The maximum atomic E-state index is 13.9. The van der Waals surface area contributed by atoms with Crippen LogP contribution in [0, 0.1) is 0 Å². The standard InChI is InChI=1S/C19H15F25O/c1-2-3-4-5-6-7(45)8(20,21)9(22,23)10(24,25)11(26,27)12(28,29)13(30,31)14(32,33)15(34,35)16(36,37)17(38,39)18(40,41)19(42,43)44/h7,45H,2-6H2,1H3. The van der Waals surface area contributed by atoms with Crippen LogP contribution in [0.2, 0.25) is 0 Å². The fraction of sp³-hybridized carbons (Fsp3) is 1.00. The van der Waals surface area contributed by atoms with E-state index < -0.39 is 90.3 Å². The van der Waals surface area contributed by atoms with Crippen molar-refractivity contribution < 1.29 is 115 Å². The number of hydrogen-bond donors (Lipinski definition) is 1. The number of hydrogen-bond acceptors (Lipinski definition) is 1. The molecule has 0 radical (unpaired) electrons. The second-order valence-corrected chi connectivity index (χ2v) is 9.23. The molecular formula is C19H15F25O. The van der Waals surface area contributed by atoms with E-state index in [-0.39, 0.29) is 19.3 Å². The van der Waals surface area contributed by atoms with Crippen molar-refractivity contribution in [1.29, 1.82) is 0 Å². The Balaban J connectivity index is 7.15. The Morgan fingerprint density at radius 1 is 0.356 bits per heavy atom. The Morgan fingerprint density at radius 3 is 0.844 bits per heavy atom. The van der Waals surface area contributed by atoms with Crippen LogP contribution in [0.3, 0.4) is 0 Å². The zero-order valence-corrected chi connectivity index (χ0v) is 21.0. The van der Waals surface area contributed by atoms with Crippen molar-refractivity contribution in [3.8, 4) is 0 Å². The van der Waals surface area contributed by atoms with Crippen LogP contribution >= 0.6 is 0 Å². The molecule has 0 aromatic heterocycles. The molecular weight excluding hydrogens is 719 g/mol. The third-order valence-corrected chi connectivity index (χ3v) is 6.07. The van der Waals surface area contributed by atoms with Crippen LogP contribution in [0.4, 0.5) is 110 Å². The van der Waals surface area contributed by atoms with E-state index in [0.717, 1.165) is 0 Å². The lowest BCUT2D eigenvalue weighted by molar-refractivity contribution is -0.483. The zero-order chi connectivity index (χ0) is 37.1. The van der Waals surface area contributed by atoms with Crippen molar-refractivity contribution >= 4 is 0 Å². The fourth-order valence-electron chi connectivity index (χ4n) is 3.12. The van der Waals surface area contributed by atoms with Crippen LogP contribution < -0.4 is 0 Å². The maximum Gasteiger partial charge on any atom is 0.460 e. The molecule has 272 valence electrons. The quantitative estimate of drug-likeness (QED) is 0.124. The first-order valence-corrected chi connectivity index (χ1v) is 11.1. The van der Waals surface area contributed by atoms with E-state index in [0.29, 0.717) is 0 Å². The molecule has 0 aromatic rings. The molecule has 1 atom stereocenters. The molecule has 1 unspecified atom stereocenters. The molecule has 0 aliphatic rings. The first-order valence-electron chi connectivity index (χ1n) is 11.1. The number of halogens is 25. The fourth-order valence-corrected chi connectivity index (χ4v) is 3.12. The van der Waals surface area contributed by atoms with Gasteiger partial charge in [-0.15, -0.1) is 0 Å². The molecule has 0 amide bonds. The normalized spacial score (nSPS) is 17.1. The summed E-state index contributed by atoms with van der Waals surface area (Å²) < 4.78 is 335. The van der Waals surface area contributed by atoms with E-state index in [4.69, 9.17) is 5.11 Å². The van der Waals surface area contributed by atoms with Gasteiger partial charge in [0.15, 0.2) is 0 Å². The molecule has 0 heterocycles. The number of alkyl halides is 25. The van der Waals surface area contributed by atoms with Crippen LogP contribution in [-0.2, 0) is 0 Å². The second-order valence-electron chi connectivity index (χ2n) is 9.23. The Bertz CT molecular complexity index is 1010. The zero-order valence-electron chi connectivity index (χ0n) is 21.0. The lowest BCUT2D eigenvalue weighted by atomic mass is 9.83. The average Bonchev–Trinajstić information content (AvgIpc) is 2.84. The van der Waals surface area contributed by atoms with Crippen LogP contribution in [0.15, 0.2) is 0 Å². The van der Waals surface area contributed by atoms with Gasteiger partial charge in [-0.05, 0) is 6.42 Å². The monoisotopic (exact) mass is 734 g/mol. The largest absolute Gasteiger partial charge is 0.460 e. The van der Waals surface area contributed by atoms with Gasteiger partial charge in [-0.1, -0.05) is 32.6 Å². The van der Waals surface area contributed by atoms with Gasteiger partial charge in [0.1, 0.15) is 6.10 Å². The third kappa shape index (κ3) is 5.72. The molecule has 0 rings (SSSR count). The van der Waals surface area contributed by atoms with Gasteiger partial charge < -0.3 is 5.11 Å².